The predicted molar refractivity (Wildman–Crippen MR) is 164 cm³/mol. The van der Waals surface area contributed by atoms with Gasteiger partial charge in [0.25, 0.3) is 0 Å². The SMILES string of the molecule is CCCC[C@H](C)C(=O)N(C)[C@H]1CC=CCO[C@@H]2C[C@H](NC[C@@H](O)[C@H](Cc3ccccc3)NC1=O)c1cc(OC)ccc12. The highest BCUT2D eigenvalue weighted by Gasteiger charge is 2.35. The minimum absolute atomic E-state index is 0.0296. The van der Waals surface area contributed by atoms with Crippen LogP contribution in [0.5, 0.6) is 5.75 Å². The lowest BCUT2D eigenvalue weighted by atomic mass is 9.98. The van der Waals surface area contributed by atoms with Gasteiger partial charge in [-0.25, -0.2) is 0 Å². The molecular formula is C34H47N3O5. The molecule has 42 heavy (non-hydrogen) atoms. The molecule has 0 aromatic heterocycles. The second kappa shape index (κ2) is 15.3. The summed E-state index contributed by atoms with van der Waals surface area (Å²) in [5, 5.41) is 18.1. The molecule has 1 aliphatic heterocycles. The van der Waals surface area contributed by atoms with Crippen LogP contribution in [0.4, 0.5) is 0 Å². The number of rotatable bonds is 8. The van der Waals surface area contributed by atoms with Crippen molar-refractivity contribution in [1.29, 1.82) is 0 Å². The molecule has 0 radical (unpaired) electrons. The molecule has 0 spiro atoms. The van der Waals surface area contributed by atoms with E-state index in [-0.39, 0.29) is 36.4 Å². The lowest BCUT2D eigenvalue weighted by Crippen LogP contribution is -2.55. The van der Waals surface area contributed by atoms with E-state index in [1.165, 1.54) is 0 Å². The van der Waals surface area contributed by atoms with Crippen LogP contribution in [-0.4, -0.2) is 67.3 Å². The molecule has 1 heterocycles. The number of methoxy groups -OCH3 is 1. The Morgan fingerprint density at radius 3 is 2.69 bits per heavy atom. The Bertz CT molecular complexity index is 1200. The third-order valence-electron chi connectivity index (χ3n) is 8.58. The van der Waals surface area contributed by atoms with Crippen LogP contribution < -0.4 is 15.4 Å². The Morgan fingerprint density at radius 1 is 1.17 bits per heavy atom. The van der Waals surface area contributed by atoms with Crippen molar-refractivity contribution in [3.8, 4) is 5.75 Å². The first-order chi connectivity index (χ1) is 20.3. The summed E-state index contributed by atoms with van der Waals surface area (Å²) in [5.74, 6) is 0.290. The number of β-amino-alcohol motifs (C(OH)–C–C–N with tert-alkyl or cyclic N) is 1. The maximum absolute atomic E-state index is 13.8. The molecule has 0 saturated carbocycles. The lowest BCUT2D eigenvalue weighted by molar-refractivity contribution is -0.142. The molecule has 2 aliphatic rings. The summed E-state index contributed by atoms with van der Waals surface area (Å²) >= 11 is 0. The molecule has 2 amide bonds. The number of aliphatic hydroxyl groups is 1. The summed E-state index contributed by atoms with van der Waals surface area (Å²) in [6.45, 7) is 4.70. The van der Waals surface area contributed by atoms with Gasteiger partial charge >= 0.3 is 0 Å². The second-order valence-electron chi connectivity index (χ2n) is 11.6. The van der Waals surface area contributed by atoms with Crippen LogP contribution in [0, 0.1) is 5.92 Å². The number of carbonyl (C=O) groups excluding carboxylic acids is 2. The second-order valence-corrected chi connectivity index (χ2v) is 11.6. The van der Waals surface area contributed by atoms with E-state index in [1.807, 2.05) is 61.5 Å². The molecule has 2 aromatic carbocycles. The van der Waals surface area contributed by atoms with Gasteiger partial charge in [-0.05, 0) is 54.5 Å². The van der Waals surface area contributed by atoms with Crippen LogP contribution in [0.3, 0.4) is 0 Å². The lowest BCUT2D eigenvalue weighted by Gasteiger charge is -2.32. The Labute approximate surface area is 250 Å². The van der Waals surface area contributed by atoms with Gasteiger partial charge in [0.15, 0.2) is 0 Å². The van der Waals surface area contributed by atoms with E-state index >= 15 is 0 Å². The van der Waals surface area contributed by atoms with Gasteiger partial charge in [-0.1, -0.05) is 75.2 Å². The first-order valence-electron chi connectivity index (χ1n) is 15.3. The van der Waals surface area contributed by atoms with Crippen molar-refractivity contribution in [2.75, 3.05) is 27.3 Å². The largest absolute Gasteiger partial charge is 0.497 e. The number of carbonyl (C=O) groups is 2. The number of ether oxygens (including phenoxy) is 2. The van der Waals surface area contributed by atoms with Gasteiger partial charge in [-0.2, -0.15) is 0 Å². The number of hydrogen-bond acceptors (Lipinski definition) is 6. The van der Waals surface area contributed by atoms with Crippen molar-refractivity contribution in [2.45, 2.75) is 82.7 Å². The van der Waals surface area contributed by atoms with E-state index in [0.29, 0.717) is 19.4 Å². The molecule has 2 aromatic rings. The molecule has 228 valence electrons. The Hall–Kier alpha value is -3.20. The number of nitrogens with zero attached hydrogens (tertiary/aromatic N) is 1. The van der Waals surface area contributed by atoms with E-state index in [1.54, 1.807) is 19.1 Å². The van der Waals surface area contributed by atoms with Gasteiger partial charge < -0.3 is 30.1 Å². The number of hydrogen-bond donors (Lipinski definition) is 3. The normalized spacial score (nSPS) is 25.5. The van der Waals surface area contributed by atoms with Crippen molar-refractivity contribution < 1.29 is 24.2 Å². The highest BCUT2D eigenvalue weighted by atomic mass is 16.5. The molecule has 8 nitrogen and oxygen atoms in total. The van der Waals surface area contributed by atoms with Gasteiger partial charge in [-0.15, -0.1) is 0 Å². The fraction of sp³-hybridized carbons (Fsp3) is 0.529. The summed E-state index contributed by atoms with van der Waals surface area (Å²) in [4.78, 5) is 28.7. The fourth-order valence-electron chi connectivity index (χ4n) is 5.97. The standard InChI is InChI=1S/C34H47N3O5/c1-5-6-12-23(2)34(40)37(3)30-15-10-11-18-42-32-21-28(27-20-25(41-4)16-17-26(27)32)35-22-31(38)29(36-33(30)39)19-24-13-8-7-9-14-24/h7-11,13-14,16-17,20,23,28-32,35,38H,5-6,12,15,18-19,21-22H2,1-4H3,(H,36,39)/t23-,28-,29-,30-,31+,32+/m0/s1. The number of likely N-dealkylation sites (N-methyl/N-ethyl adjacent to an activating group) is 1. The monoisotopic (exact) mass is 577 g/mol. The fourth-order valence-corrected chi connectivity index (χ4v) is 5.97. The number of amides is 2. The molecule has 2 bridgehead atoms. The number of nitrogens with one attached hydrogen (secondary N) is 2. The zero-order chi connectivity index (χ0) is 30.1. The molecule has 4 rings (SSSR count). The maximum Gasteiger partial charge on any atom is 0.243 e. The topological polar surface area (TPSA) is 100 Å². The highest BCUT2D eigenvalue weighted by molar-refractivity contribution is 5.88. The number of unbranched alkanes of at least 4 members (excludes halogenated alkanes) is 1. The molecular weight excluding hydrogens is 530 g/mol. The Kier molecular flexibility index (Phi) is 11.6. The van der Waals surface area contributed by atoms with Gasteiger partial charge in [-0.3, -0.25) is 9.59 Å². The van der Waals surface area contributed by atoms with E-state index < -0.39 is 18.2 Å². The molecule has 0 unspecified atom stereocenters. The quantitative estimate of drug-likeness (QED) is 0.400. The van der Waals surface area contributed by atoms with Crippen LogP contribution in [0.15, 0.2) is 60.7 Å². The minimum Gasteiger partial charge on any atom is -0.497 e. The smallest absolute Gasteiger partial charge is 0.243 e. The van der Waals surface area contributed by atoms with Crippen LogP contribution in [0.1, 0.15) is 74.8 Å². The minimum atomic E-state index is -0.867. The van der Waals surface area contributed by atoms with Crippen molar-refractivity contribution >= 4 is 11.8 Å². The maximum atomic E-state index is 13.8. The summed E-state index contributed by atoms with van der Waals surface area (Å²) in [6.07, 6.45) is 7.19. The van der Waals surface area contributed by atoms with Gasteiger partial charge in [0.05, 0.1) is 32.0 Å². The molecule has 8 heteroatoms. The average molecular weight is 578 g/mol. The van der Waals surface area contributed by atoms with E-state index in [0.717, 1.165) is 48.1 Å². The Morgan fingerprint density at radius 2 is 1.95 bits per heavy atom. The van der Waals surface area contributed by atoms with Crippen molar-refractivity contribution in [3.05, 3.63) is 77.4 Å². The van der Waals surface area contributed by atoms with E-state index in [9.17, 15) is 14.7 Å². The molecule has 6 atom stereocenters. The van der Waals surface area contributed by atoms with Crippen LogP contribution in [-0.2, 0) is 20.7 Å². The molecule has 0 saturated heterocycles. The third kappa shape index (κ3) is 8.00. The summed E-state index contributed by atoms with van der Waals surface area (Å²) in [6, 6.07) is 14.6. The predicted octanol–water partition coefficient (Wildman–Crippen LogP) is 4.49. The number of aliphatic hydroxyl groups excluding tert-OH is 1. The molecule has 0 fully saturated rings. The zero-order valence-corrected chi connectivity index (χ0v) is 25.4. The number of benzene rings is 2. The average Bonchev–Trinajstić information content (AvgIpc) is 3.35. The molecule has 1 aliphatic carbocycles. The zero-order valence-electron chi connectivity index (χ0n) is 25.4. The van der Waals surface area contributed by atoms with Crippen molar-refractivity contribution in [1.82, 2.24) is 15.5 Å². The van der Waals surface area contributed by atoms with Gasteiger partial charge in [0.2, 0.25) is 11.8 Å². The van der Waals surface area contributed by atoms with E-state index in [2.05, 4.69) is 23.6 Å². The van der Waals surface area contributed by atoms with Crippen LogP contribution >= 0.6 is 0 Å². The third-order valence-corrected chi connectivity index (χ3v) is 8.58. The van der Waals surface area contributed by atoms with Gasteiger partial charge in [0.1, 0.15) is 11.8 Å². The summed E-state index contributed by atoms with van der Waals surface area (Å²) in [5.41, 5.74) is 3.23. The van der Waals surface area contributed by atoms with Gasteiger partial charge in [0, 0.05) is 25.6 Å². The summed E-state index contributed by atoms with van der Waals surface area (Å²) in [7, 11) is 3.36. The highest BCUT2D eigenvalue weighted by Crippen LogP contribution is 2.42. The van der Waals surface area contributed by atoms with Crippen molar-refractivity contribution in [3.63, 3.8) is 0 Å². The first-order valence-corrected chi connectivity index (χ1v) is 15.3. The first kappa shape index (κ1) is 31.7. The molecule has 3 N–H and O–H groups in total. The van der Waals surface area contributed by atoms with Crippen LogP contribution in [0.2, 0.25) is 0 Å². The number of fused-ring (bicyclic) bond motifs is 5. The van der Waals surface area contributed by atoms with E-state index in [4.69, 9.17) is 9.47 Å². The Balaban J connectivity index is 1.61. The van der Waals surface area contributed by atoms with Crippen LogP contribution in [0.25, 0.3) is 0 Å². The summed E-state index contributed by atoms with van der Waals surface area (Å²) < 4.78 is 11.8. The van der Waals surface area contributed by atoms with Crippen molar-refractivity contribution in [2.24, 2.45) is 5.92 Å².